The Balaban J connectivity index is 1.87. The fraction of sp³-hybridized carbons (Fsp3) is 0.533. The summed E-state index contributed by atoms with van der Waals surface area (Å²) in [5, 5.41) is 12.4. The number of aryl methyl sites for hydroxylation is 1. The fourth-order valence-corrected chi connectivity index (χ4v) is 2.53. The second-order valence-corrected chi connectivity index (χ2v) is 5.07. The summed E-state index contributed by atoms with van der Waals surface area (Å²) in [6.45, 7) is 8.83. The van der Waals surface area contributed by atoms with E-state index in [-0.39, 0.29) is 0 Å². The molecule has 1 fully saturated rings. The lowest BCUT2D eigenvalue weighted by molar-refractivity contribution is 0.345. The number of likely N-dealkylation sites (tertiary alicyclic amines) is 1. The maximum Gasteiger partial charge on any atom is 0.0994 e. The second-order valence-electron chi connectivity index (χ2n) is 5.07. The Morgan fingerprint density at radius 3 is 2.94 bits per heavy atom. The fourth-order valence-electron chi connectivity index (χ4n) is 2.53. The van der Waals surface area contributed by atoms with E-state index >= 15 is 0 Å². The van der Waals surface area contributed by atoms with Gasteiger partial charge in [0.1, 0.15) is 0 Å². The average molecular weight is 243 g/mol. The Kier molecular flexibility index (Phi) is 4.22. The number of hydrogen-bond donors (Lipinski definition) is 1. The van der Waals surface area contributed by atoms with Crippen LogP contribution in [-0.4, -0.2) is 31.1 Å². The lowest BCUT2D eigenvalue weighted by Crippen LogP contribution is -2.22. The summed E-state index contributed by atoms with van der Waals surface area (Å²) in [4.78, 5) is 2.50. The van der Waals surface area contributed by atoms with Gasteiger partial charge < -0.3 is 10.2 Å². The van der Waals surface area contributed by atoms with Crippen LogP contribution in [0.25, 0.3) is 0 Å². The van der Waals surface area contributed by atoms with Crippen LogP contribution in [0.15, 0.2) is 18.2 Å². The van der Waals surface area contributed by atoms with E-state index in [9.17, 15) is 0 Å². The van der Waals surface area contributed by atoms with E-state index in [0.717, 1.165) is 35.8 Å². The zero-order valence-electron chi connectivity index (χ0n) is 11.2. The highest BCUT2D eigenvalue weighted by Gasteiger charge is 2.20. The molecular formula is C15H21N3. The van der Waals surface area contributed by atoms with Gasteiger partial charge in [0, 0.05) is 18.8 Å². The molecule has 0 spiro atoms. The molecule has 0 radical (unpaired) electrons. The van der Waals surface area contributed by atoms with Crippen LogP contribution in [0, 0.1) is 24.2 Å². The number of nitrogens with zero attached hydrogens (tertiary/aromatic N) is 2. The first-order chi connectivity index (χ1) is 8.72. The minimum atomic E-state index is 0.751. The van der Waals surface area contributed by atoms with Crippen molar-refractivity contribution in [1.29, 1.82) is 5.26 Å². The second kappa shape index (κ2) is 5.88. The highest BCUT2D eigenvalue weighted by molar-refractivity contribution is 5.51. The van der Waals surface area contributed by atoms with Crippen molar-refractivity contribution < 1.29 is 0 Å². The third kappa shape index (κ3) is 3.02. The molecule has 1 saturated heterocycles. The quantitative estimate of drug-likeness (QED) is 0.883. The maximum atomic E-state index is 8.89. The monoisotopic (exact) mass is 243 g/mol. The highest BCUT2D eigenvalue weighted by atomic mass is 15.1. The van der Waals surface area contributed by atoms with Gasteiger partial charge in [0.2, 0.25) is 0 Å². The van der Waals surface area contributed by atoms with E-state index in [1.165, 1.54) is 19.5 Å². The van der Waals surface area contributed by atoms with Crippen LogP contribution in [-0.2, 0) is 0 Å². The molecule has 1 aromatic rings. The van der Waals surface area contributed by atoms with Crippen molar-refractivity contribution >= 4 is 5.69 Å². The van der Waals surface area contributed by atoms with Gasteiger partial charge in [-0.05, 0) is 56.1 Å². The standard InChI is InChI=1S/C15H21N3/c1-3-18-7-6-13(11-18)10-17-15-5-4-14(9-16)12(2)8-15/h4-5,8,13,17H,3,6-7,10-11H2,1-2H3. The molecule has 1 aromatic carbocycles. The summed E-state index contributed by atoms with van der Waals surface area (Å²) in [5.74, 6) is 0.751. The number of nitriles is 1. The molecule has 0 bridgehead atoms. The zero-order chi connectivity index (χ0) is 13.0. The predicted molar refractivity (Wildman–Crippen MR) is 74.6 cm³/mol. The molecule has 3 nitrogen and oxygen atoms in total. The van der Waals surface area contributed by atoms with E-state index in [4.69, 9.17) is 5.26 Å². The van der Waals surface area contributed by atoms with Crippen molar-refractivity contribution in [2.24, 2.45) is 5.92 Å². The van der Waals surface area contributed by atoms with Gasteiger partial charge in [-0.1, -0.05) is 6.92 Å². The normalized spacial score (nSPS) is 19.7. The topological polar surface area (TPSA) is 39.1 Å². The van der Waals surface area contributed by atoms with Gasteiger partial charge in [0.15, 0.2) is 0 Å². The van der Waals surface area contributed by atoms with E-state index < -0.39 is 0 Å². The minimum absolute atomic E-state index is 0.751. The van der Waals surface area contributed by atoms with Crippen molar-refractivity contribution in [2.75, 3.05) is 31.5 Å². The lowest BCUT2D eigenvalue weighted by Gasteiger charge is -2.14. The van der Waals surface area contributed by atoms with Gasteiger partial charge in [-0.3, -0.25) is 0 Å². The molecule has 1 aliphatic heterocycles. The van der Waals surface area contributed by atoms with Crippen molar-refractivity contribution in [3.8, 4) is 6.07 Å². The lowest BCUT2D eigenvalue weighted by atomic mass is 10.1. The van der Waals surface area contributed by atoms with E-state index in [2.05, 4.69) is 29.3 Å². The first kappa shape index (κ1) is 12.9. The number of nitrogens with one attached hydrogen (secondary N) is 1. The van der Waals surface area contributed by atoms with Crippen molar-refractivity contribution in [1.82, 2.24) is 4.90 Å². The smallest absolute Gasteiger partial charge is 0.0994 e. The molecule has 2 rings (SSSR count). The highest BCUT2D eigenvalue weighted by Crippen LogP contribution is 2.18. The maximum absolute atomic E-state index is 8.89. The molecule has 1 heterocycles. The third-order valence-corrected chi connectivity index (χ3v) is 3.76. The molecule has 96 valence electrons. The molecule has 0 amide bonds. The summed E-state index contributed by atoms with van der Waals surface area (Å²) in [6, 6.07) is 8.15. The summed E-state index contributed by atoms with van der Waals surface area (Å²) >= 11 is 0. The molecule has 0 aliphatic carbocycles. The van der Waals surface area contributed by atoms with Crippen LogP contribution in [0.2, 0.25) is 0 Å². The van der Waals surface area contributed by atoms with Crippen molar-refractivity contribution in [3.05, 3.63) is 29.3 Å². The molecule has 0 aromatic heterocycles. The minimum Gasteiger partial charge on any atom is -0.385 e. The van der Waals surface area contributed by atoms with Crippen LogP contribution in [0.3, 0.4) is 0 Å². The van der Waals surface area contributed by atoms with Crippen LogP contribution in [0.4, 0.5) is 5.69 Å². The van der Waals surface area contributed by atoms with Crippen molar-refractivity contribution in [2.45, 2.75) is 20.3 Å². The number of rotatable bonds is 4. The van der Waals surface area contributed by atoms with Gasteiger partial charge >= 0.3 is 0 Å². The molecule has 1 N–H and O–H groups in total. The predicted octanol–water partition coefficient (Wildman–Crippen LogP) is 2.62. The van der Waals surface area contributed by atoms with Crippen LogP contribution in [0.1, 0.15) is 24.5 Å². The Labute approximate surface area is 109 Å². The Hall–Kier alpha value is -1.53. The molecule has 3 heteroatoms. The SMILES string of the molecule is CCN1CCC(CNc2ccc(C#N)c(C)c2)C1. The van der Waals surface area contributed by atoms with Crippen LogP contribution >= 0.6 is 0 Å². The largest absolute Gasteiger partial charge is 0.385 e. The molecular weight excluding hydrogens is 222 g/mol. The summed E-state index contributed by atoms with van der Waals surface area (Å²) in [6.07, 6.45) is 1.29. The third-order valence-electron chi connectivity index (χ3n) is 3.76. The molecule has 18 heavy (non-hydrogen) atoms. The van der Waals surface area contributed by atoms with E-state index in [0.29, 0.717) is 0 Å². The molecule has 0 saturated carbocycles. The first-order valence-corrected chi connectivity index (χ1v) is 6.70. The Morgan fingerprint density at radius 2 is 2.33 bits per heavy atom. The first-order valence-electron chi connectivity index (χ1n) is 6.70. The zero-order valence-corrected chi connectivity index (χ0v) is 11.2. The van der Waals surface area contributed by atoms with Gasteiger partial charge in [-0.15, -0.1) is 0 Å². The van der Waals surface area contributed by atoms with Gasteiger partial charge in [0.05, 0.1) is 11.6 Å². The summed E-state index contributed by atoms with van der Waals surface area (Å²) in [7, 11) is 0. The summed E-state index contributed by atoms with van der Waals surface area (Å²) < 4.78 is 0. The average Bonchev–Trinajstić information content (AvgIpc) is 2.84. The van der Waals surface area contributed by atoms with E-state index in [1.807, 2.05) is 19.1 Å². The number of anilines is 1. The summed E-state index contributed by atoms with van der Waals surface area (Å²) in [5.41, 5.74) is 2.93. The molecule has 1 atom stereocenters. The molecule has 1 aliphatic rings. The number of hydrogen-bond acceptors (Lipinski definition) is 3. The Morgan fingerprint density at radius 1 is 1.50 bits per heavy atom. The number of benzene rings is 1. The van der Waals surface area contributed by atoms with Crippen LogP contribution in [0.5, 0.6) is 0 Å². The van der Waals surface area contributed by atoms with Gasteiger partial charge in [0.25, 0.3) is 0 Å². The van der Waals surface area contributed by atoms with Crippen molar-refractivity contribution in [3.63, 3.8) is 0 Å². The van der Waals surface area contributed by atoms with Gasteiger partial charge in [-0.25, -0.2) is 0 Å². The van der Waals surface area contributed by atoms with E-state index in [1.54, 1.807) is 0 Å². The van der Waals surface area contributed by atoms with Crippen LogP contribution < -0.4 is 5.32 Å². The Bertz CT molecular complexity index is 448. The molecule has 1 unspecified atom stereocenters. The van der Waals surface area contributed by atoms with Gasteiger partial charge in [-0.2, -0.15) is 5.26 Å².